The number of nitrogens with zero attached hydrogens (tertiary/aromatic N) is 1. The number of para-hydroxylation sites is 1. The third-order valence-electron chi connectivity index (χ3n) is 4.66. The summed E-state index contributed by atoms with van der Waals surface area (Å²) in [7, 11) is -4.05. The molecule has 2 aromatic rings. The zero-order valence-electron chi connectivity index (χ0n) is 15.8. The van der Waals surface area contributed by atoms with E-state index in [0.717, 1.165) is 31.4 Å². The average Bonchev–Trinajstić information content (AvgIpc) is 2.68. The Morgan fingerprint density at radius 1 is 1.14 bits per heavy atom. The van der Waals surface area contributed by atoms with Crippen molar-refractivity contribution in [2.45, 2.75) is 37.5 Å². The second-order valence-electron chi connectivity index (χ2n) is 7.05. The van der Waals surface area contributed by atoms with Crippen molar-refractivity contribution in [3.8, 4) is 0 Å². The minimum Gasteiger partial charge on any atom is -0.278 e. The molecule has 9 heteroatoms. The normalized spacial score (nSPS) is 18.4. The van der Waals surface area contributed by atoms with E-state index in [4.69, 9.17) is 23.2 Å². The molecule has 1 fully saturated rings. The Hall–Kier alpha value is -2.09. The number of carbonyl (C=O) groups is 1. The zero-order valence-corrected chi connectivity index (χ0v) is 18.1. The van der Waals surface area contributed by atoms with Gasteiger partial charge in [0.15, 0.2) is 0 Å². The summed E-state index contributed by atoms with van der Waals surface area (Å²) in [6.07, 6.45) is 3.91. The van der Waals surface area contributed by atoms with E-state index in [1.165, 1.54) is 24.3 Å². The van der Waals surface area contributed by atoms with Gasteiger partial charge in [-0.15, -0.1) is 0 Å². The van der Waals surface area contributed by atoms with Crippen molar-refractivity contribution in [1.29, 1.82) is 0 Å². The van der Waals surface area contributed by atoms with Crippen LogP contribution in [0.1, 0.15) is 43.0 Å². The smallest absolute Gasteiger partial charge is 0.271 e. The van der Waals surface area contributed by atoms with E-state index in [1.54, 1.807) is 18.2 Å². The van der Waals surface area contributed by atoms with Crippen LogP contribution >= 0.6 is 23.2 Å². The molecule has 2 N–H and O–H groups in total. The van der Waals surface area contributed by atoms with E-state index in [1.807, 2.05) is 0 Å². The largest absolute Gasteiger partial charge is 0.278 e. The van der Waals surface area contributed by atoms with Crippen LogP contribution in [0.2, 0.25) is 10.0 Å². The summed E-state index contributed by atoms with van der Waals surface area (Å²) in [6.45, 7) is 2.15. The lowest BCUT2D eigenvalue weighted by Gasteiger charge is -2.19. The van der Waals surface area contributed by atoms with Crippen molar-refractivity contribution in [1.82, 2.24) is 5.43 Å². The van der Waals surface area contributed by atoms with Gasteiger partial charge in [-0.25, -0.2) is 13.8 Å². The van der Waals surface area contributed by atoms with E-state index in [9.17, 15) is 13.2 Å². The fraction of sp³-hybridized carbons (Fsp3) is 0.300. The van der Waals surface area contributed by atoms with Gasteiger partial charge in [0.1, 0.15) is 4.90 Å². The highest BCUT2D eigenvalue weighted by Gasteiger charge is 2.21. The second kappa shape index (κ2) is 9.15. The molecular weight excluding hydrogens is 433 g/mol. The molecular formula is C20H21Cl2N3O3S. The minimum absolute atomic E-state index is 0.00600. The predicted octanol–water partition coefficient (Wildman–Crippen LogP) is 5.09. The Balaban J connectivity index is 1.81. The van der Waals surface area contributed by atoms with Crippen LogP contribution in [-0.2, 0) is 10.0 Å². The minimum atomic E-state index is -4.05. The summed E-state index contributed by atoms with van der Waals surface area (Å²) in [5, 5.41) is 4.45. The molecule has 0 saturated heterocycles. The van der Waals surface area contributed by atoms with Crippen molar-refractivity contribution < 1.29 is 13.2 Å². The lowest BCUT2D eigenvalue weighted by Crippen LogP contribution is -2.23. The summed E-state index contributed by atoms with van der Waals surface area (Å²) >= 11 is 12.1. The molecule has 0 aromatic heterocycles. The number of amides is 1. The number of carbonyl (C=O) groups excluding carboxylic acids is 1. The van der Waals surface area contributed by atoms with Gasteiger partial charge in [-0.1, -0.05) is 42.3 Å². The molecule has 1 amide bonds. The van der Waals surface area contributed by atoms with Gasteiger partial charge in [0, 0.05) is 11.3 Å². The van der Waals surface area contributed by atoms with Crippen LogP contribution in [0.3, 0.4) is 0 Å². The lowest BCUT2D eigenvalue weighted by molar-refractivity contribution is 0.0954. The van der Waals surface area contributed by atoms with Crippen LogP contribution in [0.5, 0.6) is 0 Å². The number of hydrogen-bond donors (Lipinski definition) is 2. The Labute approximate surface area is 180 Å². The summed E-state index contributed by atoms with van der Waals surface area (Å²) < 4.78 is 27.9. The molecule has 1 unspecified atom stereocenters. The highest BCUT2D eigenvalue weighted by molar-refractivity contribution is 7.92. The van der Waals surface area contributed by atoms with Crippen molar-refractivity contribution in [2.24, 2.45) is 11.0 Å². The maximum Gasteiger partial charge on any atom is 0.271 e. The molecule has 1 atom stereocenters. The first kappa shape index (κ1) is 21.6. The Morgan fingerprint density at radius 3 is 2.62 bits per heavy atom. The quantitative estimate of drug-likeness (QED) is 0.617. The summed E-state index contributed by atoms with van der Waals surface area (Å²) in [5.74, 6) is 0.0455. The van der Waals surface area contributed by atoms with Gasteiger partial charge in [-0.05, 0) is 61.9 Å². The maximum atomic E-state index is 12.8. The van der Waals surface area contributed by atoms with Crippen LogP contribution in [-0.4, -0.2) is 20.0 Å². The molecule has 0 spiro atoms. The van der Waals surface area contributed by atoms with Gasteiger partial charge in [-0.2, -0.15) is 5.10 Å². The second-order valence-corrected chi connectivity index (χ2v) is 9.52. The molecule has 1 saturated carbocycles. The first-order chi connectivity index (χ1) is 13.8. The zero-order chi connectivity index (χ0) is 21.0. The van der Waals surface area contributed by atoms with Crippen LogP contribution in [0.4, 0.5) is 5.69 Å². The van der Waals surface area contributed by atoms with E-state index in [2.05, 4.69) is 22.2 Å². The molecule has 1 aliphatic rings. The summed E-state index contributed by atoms with van der Waals surface area (Å²) in [4.78, 5) is 12.3. The molecule has 0 aliphatic heterocycles. The predicted molar refractivity (Wildman–Crippen MR) is 116 cm³/mol. The highest BCUT2D eigenvalue weighted by Crippen LogP contribution is 2.28. The number of rotatable bonds is 5. The molecule has 154 valence electrons. The lowest BCUT2D eigenvalue weighted by atomic mass is 9.89. The van der Waals surface area contributed by atoms with Crippen LogP contribution in [0, 0.1) is 5.92 Å². The Bertz CT molecular complexity index is 1050. The van der Waals surface area contributed by atoms with Crippen LogP contribution < -0.4 is 10.1 Å². The Kier molecular flexibility index (Phi) is 6.82. The van der Waals surface area contributed by atoms with Gasteiger partial charge in [0.2, 0.25) is 0 Å². The first-order valence-corrected chi connectivity index (χ1v) is 11.4. The standard InChI is InChI=1S/C20H21Cl2N3O3S/c1-13-5-4-6-15(11-13)23-24-20(26)14-9-10-17(22)19(12-14)29(27,28)25-18-8-3-2-7-16(18)21/h2-3,7-10,12-13,25H,4-6,11H2,1H3,(H,24,26)/b23-15+. The SMILES string of the molecule is CC1CCC/C(=N\NC(=O)c2ccc(Cl)c(S(=O)(=O)Nc3ccccc3Cl)c2)C1. The number of benzene rings is 2. The third-order valence-corrected chi connectivity index (χ3v) is 6.84. The van der Waals surface area contributed by atoms with Crippen LogP contribution in [0.25, 0.3) is 0 Å². The fourth-order valence-corrected chi connectivity index (χ4v) is 5.00. The fourth-order valence-electron chi connectivity index (χ4n) is 3.15. The molecule has 6 nitrogen and oxygen atoms in total. The van der Waals surface area contributed by atoms with Crippen molar-refractivity contribution in [3.63, 3.8) is 0 Å². The molecule has 3 rings (SSSR count). The molecule has 2 aromatic carbocycles. The topological polar surface area (TPSA) is 87.6 Å². The number of nitrogens with one attached hydrogen (secondary N) is 2. The molecule has 29 heavy (non-hydrogen) atoms. The van der Waals surface area contributed by atoms with Crippen molar-refractivity contribution >= 4 is 50.5 Å². The van der Waals surface area contributed by atoms with E-state index in [-0.39, 0.29) is 26.2 Å². The van der Waals surface area contributed by atoms with Crippen LogP contribution in [0.15, 0.2) is 52.5 Å². The van der Waals surface area contributed by atoms with Crippen molar-refractivity contribution in [3.05, 3.63) is 58.1 Å². The molecule has 0 radical (unpaired) electrons. The monoisotopic (exact) mass is 453 g/mol. The average molecular weight is 454 g/mol. The number of sulfonamides is 1. The van der Waals surface area contributed by atoms with Gasteiger partial charge < -0.3 is 0 Å². The molecule has 0 heterocycles. The maximum absolute atomic E-state index is 12.8. The van der Waals surface area contributed by atoms with Gasteiger partial charge >= 0.3 is 0 Å². The van der Waals surface area contributed by atoms with E-state index in [0.29, 0.717) is 5.92 Å². The Morgan fingerprint density at radius 2 is 1.90 bits per heavy atom. The van der Waals surface area contributed by atoms with Gasteiger partial charge in [0.05, 0.1) is 15.7 Å². The van der Waals surface area contributed by atoms with Gasteiger partial charge in [0.25, 0.3) is 15.9 Å². The number of hydrogen-bond acceptors (Lipinski definition) is 4. The first-order valence-electron chi connectivity index (χ1n) is 9.19. The number of anilines is 1. The third kappa shape index (κ3) is 5.50. The number of hydrazone groups is 1. The van der Waals surface area contributed by atoms with Crippen molar-refractivity contribution in [2.75, 3.05) is 4.72 Å². The van der Waals surface area contributed by atoms with E-state index >= 15 is 0 Å². The highest BCUT2D eigenvalue weighted by atomic mass is 35.5. The summed E-state index contributed by atoms with van der Waals surface area (Å²) in [6, 6.07) is 10.5. The number of halogens is 2. The van der Waals surface area contributed by atoms with Gasteiger partial charge in [-0.3, -0.25) is 9.52 Å². The molecule has 0 bridgehead atoms. The summed E-state index contributed by atoms with van der Waals surface area (Å²) in [5.41, 5.74) is 3.82. The molecule has 1 aliphatic carbocycles. The van der Waals surface area contributed by atoms with E-state index < -0.39 is 15.9 Å².